The van der Waals surface area contributed by atoms with E-state index in [0.717, 1.165) is 25.7 Å². The number of rotatable bonds is 8. The number of nitrogens with one attached hydrogen (secondary N) is 1. The predicted octanol–water partition coefficient (Wildman–Crippen LogP) is 3.65. The van der Waals surface area contributed by atoms with E-state index in [1.54, 1.807) is 37.3 Å². The number of carbonyl (C=O) groups excluding carboxylic acids is 2. The number of likely N-dealkylation sites (tertiary alicyclic amines) is 1. The summed E-state index contributed by atoms with van der Waals surface area (Å²) in [5.74, 6) is 0.923. The van der Waals surface area contributed by atoms with Crippen LogP contribution in [0.5, 0.6) is 5.88 Å². The van der Waals surface area contributed by atoms with Crippen molar-refractivity contribution >= 4 is 28.8 Å². The van der Waals surface area contributed by atoms with Gasteiger partial charge in [0.25, 0.3) is 6.43 Å². The van der Waals surface area contributed by atoms with Crippen LogP contribution < -0.4 is 15.0 Å². The fourth-order valence-corrected chi connectivity index (χ4v) is 6.26. The van der Waals surface area contributed by atoms with Gasteiger partial charge in [0.2, 0.25) is 23.6 Å². The molecule has 0 spiro atoms. The molecule has 43 heavy (non-hydrogen) atoms. The summed E-state index contributed by atoms with van der Waals surface area (Å²) in [7, 11) is 0. The highest BCUT2D eigenvalue weighted by molar-refractivity contribution is 5.78. The molecule has 4 heterocycles. The van der Waals surface area contributed by atoms with E-state index < -0.39 is 12.2 Å². The first-order chi connectivity index (χ1) is 20.8. The van der Waals surface area contributed by atoms with Gasteiger partial charge in [0.05, 0.1) is 24.2 Å². The lowest BCUT2D eigenvalue weighted by molar-refractivity contribution is -0.130. The summed E-state index contributed by atoms with van der Waals surface area (Å²) in [6.07, 6.45) is 1.25. The third-order valence-corrected chi connectivity index (χ3v) is 8.55. The van der Waals surface area contributed by atoms with Crippen LogP contribution in [0.1, 0.15) is 57.7 Å². The van der Waals surface area contributed by atoms with Gasteiger partial charge in [-0.3, -0.25) is 14.2 Å². The largest absolute Gasteiger partial charge is 0.474 e. The van der Waals surface area contributed by atoms with Gasteiger partial charge in [-0.1, -0.05) is 12.1 Å². The zero-order chi connectivity index (χ0) is 29.9. The number of hydrogen-bond donors (Lipinski definition) is 1. The van der Waals surface area contributed by atoms with E-state index in [2.05, 4.69) is 20.3 Å². The molecule has 0 radical (unpaired) electrons. The van der Waals surface area contributed by atoms with Gasteiger partial charge in [-0.25, -0.2) is 13.8 Å². The van der Waals surface area contributed by atoms with Crippen molar-refractivity contribution in [1.29, 1.82) is 0 Å². The third-order valence-electron chi connectivity index (χ3n) is 8.55. The highest BCUT2D eigenvalue weighted by Crippen LogP contribution is 2.31. The lowest BCUT2D eigenvalue weighted by Gasteiger charge is -2.31. The number of piperidine rings is 1. The Morgan fingerprint density at radius 3 is 2.56 bits per heavy atom. The summed E-state index contributed by atoms with van der Waals surface area (Å²) >= 11 is 0. The Morgan fingerprint density at radius 2 is 1.81 bits per heavy atom. The zero-order valence-electron chi connectivity index (χ0n) is 24.3. The van der Waals surface area contributed by atoms with Gasteiger partial charge < -0.3 is 24.6 Å². The number of benzene rings is 1. The number of anilines is 1. The van der Waals surface area contributed by atoms with Crippen molar-refractivity contribution in [3.05, 3.63) is 36.2 Å². The first-order valence-electron chi connectivity index (χ1n) is 15.0. The number of alkyl halides is 2. The second kappa shape index (κ2) is 12.8. The summed E-state index contributed by atoms with van der Waals surface area (Å²) in [5.41, 5.74) is 0.969. The molecule has 0 bridgehead atoms. The van der Waals surface area contributed by atoms with E-state index in [-0.39, 0.29) is 35.7 Å². The third kappa shape index (κ3) is 6.71. The fraction of sp³-hybridized carbons (Fsp3) is 0.567. The molecule has 1 aliphatic carbocycles. The molecule has 230 valence electrons. The van der Waals surface area contributed by atoms with E-state index in [1.165, 1.54) is 4.57 Å². The highest BCUT2D eigenvalue weighted by Gasteiger charge is 2.30. The number of ether oxygens (including phenoxy) is 2. The molecule has 2 atom stereocenters. The van der Waals surface area contributed by atoms with Gasteiger partial charge in [0.15, 0.2) is 5.82 Å². The van der Waals surface area contributed by atoms with Crippen LogP contribution in [0.2, 0.25) is 0 Å². The normalized spacial score (nSPS) is 21.5. The lowest BCUT2D eigenvalue weighted by Crippen LogP contribution is -2.39. The summed E-state index contributed by atoms with van der Waals surface area (Å²) < 4.78 is 41.5. The Morgan fingerprint density at radius 1 is 1.05 bits per heavy atom. The Labute approximate surface area is 248 Å². The number of amides is 2. The van der Waals surface area contributed by atoms with E-state index in [1.807, 2.05) is 9.80 Å². The Hall–Kier alpha value is -3.87. The van der Waals surface area contributed by atoms with Crippen LogP contribution >= 0.6 is 0 Å². The molecule has 2 aliphatic heterocycles. The standard InChI is InChI=1S/C30H37F2N7O4/c1-19(40)37-10-8-20(9-11-37)16-26(41)33-21-6-7-22(17-21)43-27-18-25(35-30(36-27)38-12-14-42-15-13-38)39-24-5-3-2-4-23(24)34-29(39)28(31)32/h2-5,18,20-22,28H,6-17H2,1H3,(H,33,41)/t21-,22-/m0/s1. The van der Waals surface area contributed by atoms with Crippen LogP contribution in [0, 0.1) is 5.92 Å². The molecule has 1 aromatic carbocycles. The zero-order valence-corrected chi connectivity index (χ0v) is 24.3. The maximum absolute atomic E-state index is 14.1. The monoisotopic (exact) mass is 597 g/mol. The maximum Gasteiger partial charge on any atom is 0.296 e. The molecule has 3 fully saturated rings. The fourth-order valence-electron chi connectivity index (χ4n) is 6.26. The summed E-state index contributed by atoms with van der Waals surface area (Å²) in [6.45, 7) is 5.15. The number of hydrogen-bond acceptors (Lipinski definition) is 8. The molecule has 2 amide bonds. The van der Waals surface area contributed by atoms with Crippen LogP contribution in [-0.4, -0.2) is 87.8 Å². The van der Waals surface area contributed by atoms with Crippen LogP contribution in [0.15, 0.2) is 30.3 Å². The van der Waals surface area contributed by atoms with Gasteiger partial charge >= 0.3 is 0 Å². The smallest absolute Gasteiger partial charge is 0.296 e. The predicted molar refractivity (Wildman–Crippen MR) is 154 cm³/mol. The molecule has 1 N–H and O–H groups in total. The van der Waals surface area contributed by atoms with Crippen molar-refractivity contribution < 1.29 is 27.8 Å². The van der Waals surface area contributed by atoms with Gasteiger partial charge in [-0.2, -0.15) is 9.97 Å². The molecule has 0 unspecified atom stereocenters. The molecule has 3 aliphatic rings. The van der Waals surface area contributed by atoms with Gasteiger partial charge in [0, 0.05) is 58.1 Å². The number of halogens is 2. The summed E-state index contributed by atoms with van der Waals surface area (Å²) in [5, 5.41) is 3.16. The van der Waals surface area contributed by atoms with Crippen LogP contribution in [0.25, 0.3) is 16.9 Å². The second-order valence-corrected chi connectivity index (χ2v) is 11.5. The number of nitrogens with zero attached hydrogens (tertiary/aromatic N) is 6. The number of para-hydroxylation sites is 2. The molecule has 6 rings (SSSR count). The molecular weight excluding hydrogens is 560 g/mol. The van der Waals surface area contributed by atoms with E-state index in [9.17, 15) is 18.4 Å². The summed E-state index contributed by atoms with van der Waals surface area (Å²) in [4.78, 5) is 41.7. The second-order valence-electron chi connectivity index (χ2n) is 11.5. The summed E-state index contributed by atoms with van der Waals surface area (Å²) in [6, 6.07) is 8.54. The number of imidazole rings is 1. The molecule has 2 saturated heterocycles. The average Bonchev–Trinajstić information content (AvgIpc) is 3.62. The molecule has 13 heteroatoms. The van der Waals surface area contributed by atoms with Crippen molar-refractivity contribution in [2.45, 2.75) is 64.0 Å². The van der Waals surface area contributed by atoms with E-state index in [4.69, 9.17) is 9.47 Å². The number of morpholine rings is 1. The van der Waals surface area contributed by atoms with Crippen LogP contribution in [-0.2, 0) is 14.3 Å². The van der Waals surface area contributed by atoms with Crippen molar-refractivity contribution in [2.24, 2.45) is 5.92 Å². The molecule has 2 aromatic heterocycles. The van der Waals surface area contributed by atoms with Crippen molar-refractivity contribution in [3.63, 3.8) is 0 Å². The Balaban J connectivity index is 1.16. The van der Waals surface area contributed by atoms with E-state index >= 15 is 0 Å². The van der Waals surface area contributed by atoms with Crippen molar-refractivity contribution in [3.8, 4) is 11.7 Å². The Bertz CT molecular complexity index is 1450. The minimum atomic E-state index is -2.81. The number of aromatic nitrogens is 4. The van der Waals surface area contributed by atoms with Crippen molar-refractivity contribution in [1.82, 2.24) is 29.7 Å². The topological polar surface area (TPSA) is 115 Å². The number of fused-ring (bicyclic) bond motifs is 1. The van der Waals surface area contributed by atoms with Crippen molar-refractivity contribution in [2.75, 3.05) is 44.3 Å². The first kappa shape index (κ1) is 29.2. The first-order valence-corrected chi connectivity index (χ1v) is 15.0. The van der Waals surface area contributed by atoms with E-state index in [0.29, 0.717) is 75.1 Å². The minimum Gasteiger partial charge on any atom is -0.474 e. The Kier molecular flexibility index (Phi) is 8.68. The lowest BCUT2D eigenvalue weighted by atomic mass is 9.93. The highest BCUT2D eigenvalue weighted by atomic mass is 19.3. The minimum absolute atomic E-state index is 0.0159. The molecule has 1 saturated carbocycles. The van der Waals surface area contributed by atoms with Crippen LogP contribution in [0.3, 0.4) is 0 Å². The SMILES string of the molecule is CC(=O)N1CCC(CC(=O)N[C@H]2CC[C@H](Oc3cc(-n4c(C(F)F)nc5ccccc54)nc(N4CCOCC4)n3)C2)CC1. The van der Waals surface area contributed by atoms with Crippen LogP contribution in [0.4, 0.5) is 14.7 Å². The van der Waals surface area contributed by atoms with Gasteiger partial charge in [-0.05, 0) is 43.7 Å². The number of carbonyl (C=O) groups is 2. The quantitative estimate of drug-likeness (QED) is 0.419. The maximum atomic E-state index is 14.1. The van der Waals surface area contributed by atoms with Gasteiger partial charge in [0.1, 0.15) is 11.9 Å². The average molecular weight is 598 g/mol. The molecule has 3 aromatic rings. The molecule has 11 nitrogen and oxygen atoms in total. The molecular formula is C30H37F2N7O4. The van der Waals surface area contributed by atoms with Gasteiger partial charge in [-0.15, -0.1) is 0 Å².